The third-order valence-corrected chi connectivity index (χ3v) is 12.9. The number of esters is 1. The number of hydrogen-bond acceptors (Lipinski definition) is 5. The lowest BCUT2D eigenvalue weighted by atomic mass is 10.0. The van der Waals surface area contributed by atoms with Gasteiger partial charge in [-0.15, -0.1) is 0 Å². The minimum absolute atomic E-state index is 0.0338. The van der Waals surface area contributed by atoms with Gasteiger partial charge in [-0.1, -0.05) is 262 Å². The summed E-state index contributed by atoms with van der Waals surface area (Å²) in [6.45, 7) is 6.46. The molecule has 0 aliphatic carbocycles. The zero-order valence-electron chi connectivity index (χ0n) is 43.4. The molecular formula is C59H109NO5. The quantitative estimate of drug-likeness (QED) is 0.0245. The predicted octanol–water partition coefficient (Wildman–Crippen LogP) is 17.4. The minimum Gasteiger partial charge on any atom is -0.458 e. The molecule has 380 valence electrons. The first kappa shape index (κ1) is 62.8. The molecule has 0 aliphatic rings. The molecule has 3 atom stereocenters. The zero-order chi connectivity index (χ0) is 47.4. The minimum atomic E-state index is -0.814. The van der Waals surface area contributed by atoms with E-state index in [0.29, 0.717) is 19.3 Å². The Morgan fingerprint density at radius 3 is 1.29 bits per heavy atom. The van der Waals surface area contributed by atoms with Crippen LogP contribution in [0.15, 0.2) is 48.6 Å². The number of allylic oxidation sites excluding steroid dienone is 7. The first-order chi connectivity index (χ1) is 32.0. The van der Waals surface area contributed by atoms with E-state index < -0.39 is 18.2 Å². The van der Waals surface area contributed by atoms with E-state index in [1.807, 2.05) is 12.2 Å². The number of carbonyl (C=O) groups excluding carboxylic acids is 2. The van der Waals surface area contributed by atoms with Crippen molar-refractivity contribution in [2.24, 2.45) is 0 Å². The summed E-state index contributed by atoms with van der Waals surface area (Å²) in [7, 11) is 0. The van der Waals surface area contributed by atoms with Crippen molar-refractivity contribution in [2.45, 2.75) is 309 Å². The highest BCUT2D eigenvalue weighted by Gasteiger charge is 2.23. The van der Waals surface area contributed by atoms with Gasteiger partial charge in [0.2, 0.25) is 5.91 Å². The van der Waals surface area contributed by atoms with Gasteiger partial charge in [0.1, 0.15) is 6.10 Å². The van der Waals surface area contributed by atoms with Gasteiger partial charge >= 0.3 is 5.97 Å². The molecule has 0 rings (SSSR count). The fourth-order valence-electron chi connectivity index (χ4n) is 8.56. The standard InChI is InChI=1S/C59H109NO5/c1-4-7-10-13-16-19-22-24-26-28-30-32-34-37-40-43-46-49-52-59(64)65-55(50-47-44-41-38-35-21-18-15-12-9-6-3)53-58(63)60-56(54-61)57(62)51-48-45-42-39-36-33-31-29-27-25-23-20-17-14-11-8-5-2/h26,28,30,32,38,41,47,50,55-57,61-62H,4-25,27,29,31,33-37,39-40,42-46,48-49,51-54H2,1-3H3,(H,60,63)/b28-26+,32-30+,41-38-,50-47+. The highest BCUT2D eigenvalue weighted by atomic mass is 16.5. The van der Waals surface area contributed by atoms with Crippen molar-refractivity contribution in [2.75, 3.05) is 6.61 Å². The Labute approximate surface area is 404 Å². The van der Waals surface area contributed by atoms with Crippen LogP contribution >= 0.6 is 0 Å². The van der Waals surface area contributed by atoms with Crippen LogP contribution in [-0.2, 0) is 14.3 Å². The zero-order valence-corrected chi connectivity index (χ0v) is 43.4. The molecule has 0 aliphatic heterocycles. The third kappa shape index (κ3) is 48.1. The second-order valence-corrected chi connectivity index (χ2v) is 19.4. The van der Waals surface area contributed by atoms with Crippen molar-refractivity contribution in [3.8, 4) is 0 Å². The molecule has 0 saturated carbocycles. The normalized spacial score (nSPS) is 13.5. The lowest BCUT2D eigenvalue weighted by Gasteiger charge is -2.23. The summed E-state index contributed by atoms with van der Waals surface area (Å²) in [6.07, 6.45) is 65.0. The Bertz CT molecular complexity index is 1110. The van der Waals surface area contributed by atoms with E-state index >= 15 is 0 Å². The predicted molar refractivity (Wildman–Crippen MR) is 282 cm³/mol. The van der Waals surface area contributed by atoms with E-state index in [1.165, 1.54) is 180 Å². The lowest BCUT2D eigenvalue weighted by Crippen LogP contribution is -2.46. The Kier molecular flexibility index (Phi) is 51.0. The fourth-order valence-corrected chi connectivity index (χ4v) is 8.56. The van der Waals surface area contributed by atoms with E-state index in [9.17, 15) is 19.8 Å². The summed E-state index contributed by atoms with van der Waals surface area (Å²) in [5, 5.41) is 23.8. The maximum Gasteiger partial charge on any atom is 0.306 e. The average Bonchev–Trinajstić information content (AvgIpc) is 3.30. The van der Waals surface area contributed by atoms with E-state index in [0.717, 1.165) is 64.2 Å². The van der Waals surface area contributed by atoms with Crippen LogP contribution < -0.4 is 5.32 Å². The van der Waals surface area contributed by atoms with Gasteiger partial charge in [-0.3, -0.25) is 9.59 Å². The van der Waals surface area contributed by atoms with Crippen molar-refractivity contribution >= 4 is 11.9 Å². The van der Waals surface area contributed by atoms with Crippen LogP contribution in [0.4, 0.5) is 0 Å². The van der Waals surface area contributed by atoms with Crippen molar-refractivity contribution < 1.29 is 24.5 Å². The number of aliphatic hydroxyl groups excluding tert-OH is 2. The molecule has 3 N–H and O–H groups in total. The largest absolute Gasteiger partial charge is 0.458 e. The van der Waals surface area contributed by atoms with Crippen LogP contribution in [0.2, 0.25) is 0 Å². The Morgan fingerprint density at radius 2 is 0.862 bits per heavy atom. The first-order valence-corrected chi connectivity index (χ1v) is 28.4. The highest BCUT2D eigenvalue weighted by molar-refractivity contribution is 5.78. The van der Waals surface area contributed by atoms with Gasteiger partial charge in [0, 0.05) is 6.42 Å². The van der Waals surface area contributed by atoms with E-state index in [1.54, 1.807) is 0 Å². The van der Waals surface area contributed by atoms with Gasteiger partial charge in [0.25, 0.3) is 0 Å². The Hall–Kier alpha value is -2.18. The summed E-state index contributed by atoms with van der Waals surface area (Å²) in [5.74, 6) is -0.612. The summed E-state index contributed by atoms with van der Waals surface area (Å²) in [6, 6.07) is -0.736. The van der Waals surface area contributed by atoms with Gasteiger partial charge in [-0.2, -0.15) is 0 Å². The molecule has 0 aromatic heterocycles. The van der Waals surface area contributed by atoms with Gasteiger partial charge in [0.05, 0.1) is 25.2 Å². The maximum atomic E-state index is 13.2. The molecule has 0 saturated heterocycles. The number of hydrogen-bond donors (Lipinski definition) is 3. The van der Waals surface area contributed by atoms with E-state index in [4.69, 9.17) is 4.74 Å². The molecule has 0 radical (unpaired) electrons. The van der Waals surface area contributed by atoms with Crippen LogP contribution in [0.5, 0.6) is 0 Å². The van der Waals surface area contributed by atoms with Crippen molar-refractivity contribution in [1.29, 1.82) is 0 Å². The lowest BCUT2D eigenvalue weighted by molar-refractivity contribution is -0.148. The summed E-state index contributed by atoms with van der Waals surface area (Å²) < 4.78 is 5.84. The Balaban J connectivity index is 4.53. The van der Waals surface area contributed by atoms with Gasteiger partial charge < -0.3 is 20.3 Å². The smallest absolute Gasteiger partial charge is 0.306 e. The summed E-state index contributed by atoms with van der Waals surface area (Å²) >= 11 is 0. The molecule has 0 bridgehead atoms. The SMILES string of the molecule is CCCCCCCC/C=C\C/C=C/C(CC(=O)NC(CO)C(O)CCCCCCCCCCCCCCCCCCC)OC(=O)CCCCCCC/C=C/C=C/CCCCCCCCC. The van der Waals surface area contributed by atoms with Crippen molar-refractivity contribution in [3.05, 3.63) is 48.6 Å². The fraction of sp³-hybridized carbons (Fsp3) is 0.831. The molecule has 1 amide bonds. The number of aliphatic hydroxyl groups is 2. The molecular weight excluding hydrogens is 803 g/mol. The van der Waals surface area contributed by atoms with E-state index in [-0.39, 0.29) is 24.9 Å². The second kappa shape index (κ2) is 52.8. The number of amides is 1. The summed E-state index contributed by atoms with van der Waals surface area (Å²) in [5.41, 5.74) is 0. The maximum absolute atomic E-state index is 13.2. The topological polar surface area (TPSA) is 95.9 Å². The number of nitrogens with one attached hydrogen (secondary N) is 1. The first-order valence-electron chi connectivity index (χ1n) is 28.4. The van der Waals surface area contributed by atoms with Gasteiger partial charge in [-0.05, 0) is 63.9 Å². The highest BCUT2D eigenvalue weighted by Crippen LogP contribution is 2.17. The number of unbranched alkanes of at least 4 members (excludes halogenated alkanes) is 34. The van der Waals surface area contributed by atoms with Crippen LogP contribution in [0.1, 0.15) is 290 Å². The van der Waals surface area contributed by atoms with Crippen molar-refractivity contribution in [1.82, 2.24) is 5.32 Å². The monoisotopic (exact) mass is 912 g/mol. The van der Waals surface area contributed by atoms with E-state index in [2.05, 4.69) is 62.5 Å². The number of ether oxygens (including phenoxy) is 1. The Morgan fingerprint density at radius 1 is 0.477 bits per heavy atom. The molecule has 0 heterocycles. The van der Waals surface area contributed by atoms with Crippen molar-refractivity contribution in [3.63, 3.8) is 0 Å². The molecule has 0 aromatic carbocycles. The van der Waals surface area contributed by atoms with Crippen LogP contribution in [0, 0.1) is 0 Å². The third-order valence-electron chi connectivity index (χ3n) is 12.9. The molecule has 65 heavy (non-hydrogen) atoms. The second-order valence-electron chi connectivity index (χ2n) is 19.4. The number of rotatable bonds is 51. The molecule has 6 nitrogen and oxygen atoms in total. The number of carbonyl (C=O) groups is 2. The average molecular weight is 913 g/mol. The van der Waals surface area contributed by atoms with Crippen LogP contribution in [-0.4, -0.2) is 46.9 Å². The van der Waals surface area contributed by atoms with Gasteiger partial charge in [0.15, 0.2) is 0 Å². The molecule has 0 fully saturated rings. The molecule has 0 spiro atoms. The van der Waals surface area contributed by atoms with Crippen LogP contribution in [0.3, 0.4) is 0 Å². The van der Waals surface area contributed by atoms with Gasteiger partial charge in [-0.25, -0.2) is 0 Å². The molecule has 0 aromatic rings. The van der Waals surface area contributed by atoms with Crippen LogP contribution in [0.25, 0.3) is 0 Å². The molecule has 6 heteroatoms. The molecule has 3 unspecified atom stereocenters. The summed E-state index contributed by atoms with van der Waals surface area (Å²) in [4.78, 5) is 26.1.